The third-order valence-corrected chi connectivity index (χ3v) is 4.21. The van der Waals surface area contributed by atoms with Gasteiger partial charge in [0.15, 0.2) is 0 Å². The highest BCUT2D eigenvalue weighted by Gasteiger charge is 2.27. The molecular formula is C18H31N3O2. The number of aromatic nitrogens is 2. The molecule has 2 heterocycles. The van der Waals surface area contributed by atoms with E-state index in [1.54, 1.807) is 0 Å². The molecule has 23 heavy (non-hydrogen) atoms. The highest BCUT2D eigenvalue weighted by molar-refractivity contribution is 5.68. The molecule has 130 valence electrons. The quantitative estimate of drug-likeness (QED) is 0.832. The fourth-order valence-electron chi connectivity index (χ4n) is 2.74. The Kier molecular flexibility index (Phi) is 5.07. The average Bonchev–Trinajstić information content (AvgIpc) is 2.86. The van der Waals surface area contributed by atoms with Crippen LogP contribution in [0.4, 0.5) is 4.79 Å². The molecule has 0 bridgehead atoms. The molecule has 1 aromatic heterocycles. The Morgan fingerprint density at radius 3 is 2.30 bits per heavy atom. The molecular weight excluding hydrogens is 290 g/mol. The minimum atomic E-state index is -0.424. The van der Waals surface area contributed by atoms with Crippen LogP contribution in [0.3, 0.4) is 0 Å². The Balaban J connectivity index is 1.83. The van der Waals surface area contributed by atoms with Gasteiger partial charge in [-0.3, -0.25) is 4.68 Å². The molecule has 1 saturated heterocycles. The Morgan fingerprint density at radius 2 is 1.83 bits per heavy atom. The third kappa shape index (κ3) is 5.26. The highest BCUT2D eigenvalue weighted by atomic mass is 16.6. The van der Waals surface area contributed by atoms with E-state index in [0.29, 0.717) is 5.92 Å². The summed E-state index contributed by atoms with van der Waals surface area (Å²) in [6, 6.07) is 0. The van der Waals surface area contributed by atoms with Crippen molar-refractivity contribution in [2.45, 2.75) is 71.9 Å². The zero-order valence-corrected chi connectivity index (χ0v) is 15.4. The number of carbonyl (C=O) groups is 1. The Morgan fingerprint density at radius 1 is 1.22 bits per heavy atom. The zero-order chi connectivity index (χ0) is 17.3. The van der Waals surface area contributed by atoms with Crippen LogP contribution in [-0.2, 0) is 16.7 Å². The van der Waals surface area contributed by atoms with Crippen LogP contribution >= 0.6 is 0 Å². The molecule has 5 heteroatoms. The first-order valence-electron chi connectivity index (χ1n) is 8.55. The fraction of sp³-hybridized carbons (Fsp3) is 0.778. The smallest absolute Gasteiger partial charge is 0.410 e. The minimum Gasteiger partial charge on any atom is -0.444 e. The Bertz CT molecular complexity index is 529. The number of amides is 1. The summed E-state index contributed by atoms with van der Waals surface area (Å²) in [7, 11) is 0. The Hall–Kier alpha value is -1.52. The van der Waals surface area contributed by atoms with Gasteiger partial charge >= 0.3 is 6.09 Å². The van der Waals surface area contributed by atoms with Crippen LogP contribution in [0.25, 0.3) is 0 Å². The van der Waals surface area contributed by atoms with Crippen LogP contribution < -0.4 is 0 Å². The molecule has 5 nitrogen and oxygen atoms in total. The summed E-state index contributed by atoms with van der Waals surface area (Å²) in [5.41, 5.74) is 0.980. The van der Waals surface area contributed by atoms with Crippen molar-refractivity contribution in [2.24, 2.45) is 5.92 Å². The summed E-state index contributed by atoms with van der Waals surface area (Å²) < 4.78 is 7.49. The second-order valence-electron chi connectivity index (χ2n) is 8.61. The molecule has 0 saturated carbocycles. The number of ether oxygens (including phenoxy) is 1. The van der Waals surface area contributed by atoms with E-state index in [-0.39, 0.29) is 11.5 Å². The van der Waals surface area contributed by atoms with Crippen molar-refractivity contribution in [3.8, 4) is 0 Å². The van der Waals surface area contributed by atoms with Gasteiger partial charge in [-0.15, -0.1) is 0 Å². The average molecular weight is 321 g/mol. The molecule has 0 unspecified atom stereocenters. The number of carbonyl (C=O) groups excluding carboxylic acids is 1. The van der Waals surface area contributed by atoms with Gasteiger partial charge in [0.25, 0.3) is 0 Å². The largest absolute Gasteiger partial charge is 0.444 e. The van der Waals surface area contributed by atoms with Crippen LogP contribution in [0.1, 0.15) is 59.9 Å². The molecule has 0 aromatic carbocycles. The van der Waals surface area contributed by atoms with Crippen molar-refractivity contribution in [3.05, 3.63) is 18.0 Å². The lowest BCUT2D eigenvalue weighted by Gasteiger charge is -2.33. The van der Waals surface area contributed by atoms with Gasteiger partial charge in [-0.05, 0) is 50.5 Å². The van der Waals surface area contributed by atoms with Crippen LogP contribution in [0.5, 0.6) is 0 Å². The normalized spacial score (nSPS) is 17.4. The molecule has 0 radical (unpaired) electrons. The molecule has 0 atom stereocenters. The molecule has 1 amide bonds. The lowest BCUT2D eigenvalue weighted by Crippen LogP contribution is -2.42. The minimum absolute atomic E-state index is 0.137. The molecule has 0 N–H and O–H groups in total. The number of hydrogen-bond acceptors (Lipinski definition) is 3. The standard InChI is InChI=1S/C18H31N3O2/c1-17(2,3)15-11-19-21(13-15)12-14-7-9-20(10-8-14)16(22)23-18(4,5)6/h11,13-14H,7-10,12H2,1-6H3. The van der Waals surface area contributed by atoms with Crippen LogP contribution in [0, 0.1) is 5.92 Å². The van der Waals surface area contributed by atoms with Gasteiger partial charge in [0, 0.05) is 25.8 Å². The van der Waals surface area contributed by atoms with Crippen LogP contribution in [0.15, 0.2) is 12.4 Å². The van der Waals surface area contributed by atoms with E-state index in [9.17, 15) is 4.79 Å². The predicted molar refractivity (Wildman–Crippen MR) is 91.5 cm³/mol. The second kappa shape index (κ2) is 6.54. The van der Waals surface area contributed by atoms with Gasteiger partial charge in [-0.1, -0.05) is 20.8 Å². The predicted octanol–water partition coefficient (Wildman–Crippen LogP) is 3.83. The maximum absolute atomic E-state index is 12.1. The zero-order valence-electron chi connectivity index (χ0n) is 15.4. The number of likely N-dealkylation sites (tertiary alicyclic amines) is 1. The molecule has 1 aliphatic rings. The van der Waals surface area contributed by atoms with Crippen molar-refractivity contribution >= 4 is 6.09 Å². The van der Waals surface area contributed by atoms with Crippen LogP contribution in [-0.4, -0.2) is 39.5 Å². The maximum Gasteiger partial charge on any atom is 0.410 e. The summed E-state index contributed by atoms with van der Waals surface area (Å²) in [4.78, 5) is 13.9. The van der Waals surface area contributed by atoms with Crippen LogP contribution in [0.2, 0.25) is 0 Å². The first-order valence-corrected chi connectivity index (χ1v) is 8.55. The number of rotatable bonds is 2. The topological polar surface area (TPSA) is 47.4 Å². The van der Waals surface area contributed by atoms with Crippen molar-refractivity contribution in [3.63, 3.8) is 0 Å². The maximum atomic E-state index is 12.1. The summed E-state index contributed by atoms with van der Waals surface area (Å²) >= 11 is 0. The Labute approximate surface area is 140 Å². The van der Waals surface area contributed by atoms with E-state index in [1.165, 1.54) is 5.56 Å². The molecule has 1 fully saturated rings. The summed E-state index contributed by atoms with van der Waals surface area (Å²) in [6.07, 6.45) is 5.94. The van der Waals surface area contributed by atoms with E-state index in [0.717, 1.165) is 32.5 Å². The van der Waals surface area contributed by atoms with Crippen molar-refractivity contribution in [1.82, 2.24) is 14.7 Å². The lowest BCUT2D eigenvalue weighted by atomic mass is 9.90. The van der Waals surface area contributed by atoms with Gasteiger partial charge in [0.05, 0.1) is 6.20 Å². The van der Waals surface area contributed by atoms with E-state index in [2.05, 4.69) is 32.1 Å². The van der Waals surface area contributed by atoms with E-state index < -0.39 is 5.60 Å². The number of piperidine rings is 1. The first-order chi connectivity index (χ1) is 10.5. The van der Waals surface area contributed by atoms with Gasteiger partial charge < -0.3 is 9.64 Å². The molecule has 0 spiro atoms. The van der Waals surface area contributed by atoms with Gasteiger partial charge in [-0.25, -0.2) is 4.79 Å². The molecule has 2 rings (SSSR count). The molecule has 0 aliphatic carbocycles. The van der Waals surface area contributed by atoms with E-state index in [1.807, 2.05) is 36.5 Å². The summed E-state index contributed by atoms with van der Waals surface area (Å²) in [5.74, 6) is 0.571. The van der Waals surface area contributed by atoms with Crippen molar-refractivity contribution in [1.29, 1.82) is 0 Å². The molecule has 1 aromatic rings. The van der Waals surface area contributed by atoms with E-state index >= 15 is 0 Å². The van der Waals surface area contributed by atoms with Crippen molar-refractivity contribution < 1.29 is 9.53 Å². The number of nitrogens with zero attached hydrogens (tertiary/aromatic N) is 3. The fourth-order valence-corrected chi connectivity index (χ4v) is 2.74. The first kappa shape index (κ1) is 17.8. The summed E-state index contributed by atoms with van der Waals surface area (Å²) in [6.45, 7) is 14.8. The van der Waals surface area contributed by atoms with Crippen molar-refractivity contribution in [2.75, 3.05) is 13.1 Å². The monoisotopic (exact) mass is 321 g/mol. The molecule has 1 aliphatic heterocycles. The summed E-state index contributed by atoms with van der Waals surface area (Å²) in [5, 5.41) is 4.49. The number of hydrogen-bond donors (Lipinski definition) is 0. The third-order valence-electron chi connectivity index (χ3n) is 4.21. The SMILES string of the molecule is CC(C)(C)OC(=O)N1CCC(Cn2cc(C(C)(C)C)cn2)CC1. The van der Waals surface area contributed by atoms with Gasteiger partial charge in [0.2, 0.25) is 0 Å². The van der Waals surface area contributed by atoms with Gasteiger partial charge in [-0.2, -0.15) is 5.10 Å². The highest BCUT2D eigenvalue weighted by Crippen LogP contribution is 2.24. The second-order valence-corrected chi connectivity index (χ2v) is 8.61. The lowest BCUT2D eigenvalue weighted by molar-refractivity contribution is 0.0177. The van der Waals surface area contributed by atoms with Gasteiger partial charge in [0.1, 0.15) is 5.60 Å². The van der Waals surface area contributed by atoms with E-state index in [4.69, 9.17) is 4.74 Å².